The summed E-state index contributed by atoms with van der Waals surface area (Å²) in [6.07, 6.45) is 0. The number of ether oxygens (including phenoxy) is 1. The Kier molecular flexibility index (Phi) is 5.78. The highest BCUT2D eigenvalue weighted by molar-refractivity contribution is 7.89. The first-order valence-corrected chi connectivity index (χ1v) is 10.5. The van der Waals surface area contributed by atoms with Gasteiger partial charge in [0.1, 0.15) is 0 Å². The minimum absolute atomic E-state index is 0.121. The van der Waals surface area contributed by atoms with Crippen LogP contribution in [0.5, 0.6) is 0 Å². The number of nitrogens with one attached hydrogen (secondary N) is 1. The molecule has 0 bridgehead atoms. The lowest BCUT2D eigenvalue weighted by atomic mass is 10.1. The first-order chi connectivity index (χ1) is 12.8. The maximum Gasteiger partial charge on any atom is 0.241 e. The molecule has 1 aromatic heterocycles. The summed E-state index contributed by atoms with van der Waals surface area (Å²) in [5, 5.41) is 0. The molecule has 27 heavy (non-hydrogen) atoms. The quantitative estimate of drug-likeness (QED) is 0.841. The summed E-state index contributed by atoms with van der Waals surface area (Å²) < 4.78 is 33.8. The fourth-order valence-electron chi connectivity index (χ4n) is 3.44. The molecule has 1 saturated heterocycles. The zero-order valence-corrected chi connectivity index (χ0v) is 17.1. The summed E-state index contributed by atoms with van der Waals surface area (Å²) in [6.45, 7) is 10.4. The van der Waals surface area contributed by atoms with Crippen LogP contribution < -0.4 is 9.62 Å². The van der Waals surface area contributed by atoms with E-state index < -0.39 is 10.0 Å². The van der Waals surface area contributed by atoms with Gasteiger partial charge in [0.05, 0.1) is 30.3 Å². The Balaban J connectivity index is 1.81. The smallest absolute Gasteiger partial charge is 0.241 e. The van der Waals surface area contributed by atoms with E-state index in [0.717, 1.165) is 35.5 Å². The van der Waals surface area contributed by atoms with Crippen molar-refractivity contribution in [2.24, 2.45) is 0 Å². The van der Waals surface area contributed by atoms with Crippen molar-refractivity contribution in [3.63, 3.8) is 0 Å². The van der Waals surface area contributed by atoms with E-state index in [2.05, 4.69) is 19.6 Å². The minimum Gasteiger partial charge on any atom is -0.378 e. The Bertz CT molecular complexity index is 915. The van der Waals surface area contributed by atoms with Crippen LogP contribution in [-0.4, -0.2) is 44.7 Å². The number of hydrogen-bond donors (Lipinski definition) is 1. The highest BCUT2D eigenvalue weighted by atomic mass is 32.2. The molecule has 1 aliphatic heterocycles. The Labute approximate surface area is 160 Å². The van der Waals surface area contributed by atoms with Crippen LogP contribution in [0.15, 0.2) is 23.1 Å². The molecule has 1 fully saturated rings. The molecule has 0 amide bonds. The van der Waals surface area contributed by atoms with Crippen molar-refractivity contribution in [1.29, 1.82) is 0 Å². The molecule has 1 aliphatic rings. The molecule has 8 heteroatoms. The molecule has 0 aliphatic carbocycles. The number of benzene rings is 1. The van der Waals surface area contributed by atoms with Crippen LogP contribution in [0, 0.1) is 27.7 Å². The van der Waals surface area contributed by atoms with Gasteiger partial charge in [0.2, 0.25) is 16.0 Å². The van der Waals surface area contributed by atoms with Crippen LogP contribution in [0.1, 0.15) is 28.1 Å². The highest BCUT2D eigenvalue weighted by Gasteiger charge is 2.21. The van der Waals surface area contributed by atoms with Crippen molar-refractivity contribution in [2.75, 3.05) is 31.2 Å². The van der Waals surface area contributed by atoms with Gasteiger partial charge in [-0.15, -0.1) is 0 Å². The van der Waals surface area contributed by atoms with Gasteiger partial charge in [-0.2, -0.15) is 0 Å². The summed E-state index contributed by atoms with van der Waals surface area (Å²) in [5.74, 6) is 0.621. The highest BCUT2D eigenvalue weighted by Crippen LogP contribution is 2.22. The zero-order chi connectivity index (χ0) is 19.6. The van der Waals surface area contributed by atoms with Crippen LogP contribution in [0.2, 0.25) is 0 Å². The van der Waals surface area contributed by atoms with E-state index in [9.17, 15) is 8.42 Å². The number of sulfonamides is 1. The third-order valence-electron chi connectivity index (χ3n) is 4.51. The average Bonchev–Trinajstić information content (AvgIpc) is 2.59. The third kappa shape index (κ3) is 4.63. The lowest BCUT2D eigenvalue weighted by molar-refractivity contribution is 0.122. The topological polar surface area (TPSA) is 84.4 Å². The molecule has 2 aromatic rings. The maximum atomic E-state index is 12.8. The number of hydrogen-bond acceptors (Lipinski definition) is 6. The number of aryl methyl sites for hydroxylation is 4. The van der Waals surface area contributed by atoms with Gasteiger partial charge in [-0.25, -0.2) is 23.1 Å². The SMILES string of the molecule is Cc1cc(C)c(S(=O)(=O)NCc2cc(C)nc(N3CCOCC3)n2)c(C)c1. The Morgan fingerprint density at radius 2 is 1.67 bits per heavy atom. The van der Waals surface area contributed by atoms with Crippen molar-refractivity contribution >= 4 is 16.0 Å². The Hall–Kier alpha value is -2.03. The molecule has 0 spiro atoms. The van der Waals surface area contributed by atoms with Crippen molar-refractivity contribution < 1.29 is 13.2 Å². The number of aromatic nitrogens is 2. The second-order valence-electron chi connectivity index (χ2n) is 6.95. The molecule has 0 saturated carbocycles. The van der Waals surface area contributed by atoms with Gasteiger partial charge in [0.15, 0.2) is 0 Å². The van der Waals surface area contributed by atoms with E-state index in [1.54, 1.807) is 6.07 Å². The molecule has 3 rings (SSSR count). The standard InChI is InChI=1S/C19H26N4O3S/c1-13-9-14(2)18(15(3)10-13)27(24,25)20-12-17-11-16(4)21-19(22-17)23-5-7-26-8-6-23/h9-11,20H,5-8,12H2,1-4H3. The number of anilines is 1. The van der Waals surface area contributed by atoms with Crippen LogP contribution in [-0.2, 0) is 21.3 Å². The van der Waals surface area contributed by atoms with Crippen LogP contribution >= 0.6 is 0 Å². The lowest BCUT2D eigenvalue weighted by Gasteiger charge is -2.27. The largest absolute Gasteiger partial charge is 0.378 e. The first-order valence-electron chi connectivity index (χ1n) is 9.01. The van der Waals surface area contributed by atoms with E-state index in [1.807, 2.05) is 39.8 Å². The van der Waals surface area contributed by atoms with Crippen LogP contribution in [0.3, 0.4) is 0 Å². The molecule has 0 atom stereocenters. The Morgan fingerprint density at radius 1 is 1.04 bits per heavy atom. The average molecular weight is 391 g/mol. The molecule has 1 aromatic carbocycles. The van der Waals surface area contributed by atoms with Crippen molar-refractivity contribution in [2.45, 2.75) is 39.1 Å². The predicted molar refractivity (Wildman–Crippen MR) is 104 cm³/mol. The number of nitrogens with zero attached hydrogens (tertiary/aromatic N) is 3. The monoisotopic (exact) mass is 390 g/mol. The van der Waals surface area contributed by atoms with E-state index in [-0.39, 0.29) is 6.54 Å². The van der Waals surface area contributed by atoms with Crippen molar-refractivity contribution in [3.05, 3.63) is 46.3 Å². The molecule has 0 unspecified atom stereocenters. The van der Waals surface area contributed by atoms with Gasteiger partial charge in [0.25, 0.3) is 0 Å². The Morgan fingerprint density at radius 3 is 2.30 bits per heavy atom. The van der Waals surface area contributed by atoms with Crippen molar-refractivity contribution in [1.82, 2.24) is 14.7 Å². The molecule has 1 N–H and O–H groups in total. The van der Waals surface area contributed by atoms with Crippen LogP contribution in [0.4, 0.5) is 5.95 Å². The van der Waals surface area contributed by atoms with Gasteiger partial charge in [0, 0.05) is 18.8 Å². The molecule has 7 nitrogen and oxygen atoms in total. The first kappa shape index (κ1) is 19.7. The molecule has 2 heterocycles. The van der Waals surface area contributed by atoms with Gasteiger partial charge >= 0.3 is 0 Å². The van der Waals surface area contributed by atoms with E-state index in [4.69, 9.17) is 4.74 Å². The second kappa shape index (κ2) is 7.92. The van der Waals surface area contributed by atoms with Crippen LogP contribution in [0.25, 0.3) is 0 Å². The summed E-state index contributed by atoms with van der Waals surface area (Å²) in [5.41, 5.74) is 3.99. The van der Waals surface area contributed by atoms with Gasteiger partial charge in [-0.3, -0.25) is 0 Å². The minimum atomic E-state index is -3.63. The number of rotatable bonds is 5. The fraction of sp³-hybridized carbons (Fsp3) is 0.474. The zero-order valence-electron chi connectivity index (χ0n) is 16.2. The van der Waals surface area contributed by atoms with E-state index in [1.165, 1.54) is 0 Å². The van der Waals surface area contributed by atoms with E-state index in [0.29, 0.717) is 29.8 Å². The molecule has 0 radical (unpaired) electrons. The summed E-state index contributed by atoms with van der Waals surface area (Å²) in [7, 11) is -3.63. The van der Waals surface area contributed by atoms with Gasteiger partial charge < -0.3 is 9.64 Å². The predicted octanol–water partition coefficient (Wildman–Crippen LogP) is 2.03. The van der Waals surface area contributed by atoms with Gasteiger partial charge in [-0.1, -0.05) is 17.7 Å². The maximum absolute atomic E-state index is 12.8. The summed E-state index contributed by atoms with van der Waals surface area (Å²) >= 11 is 0. The molecular weight excluding hydrogens is 364 g/mol. The lowest BCUT2D eigenvalue weighted by Crippen LogP contribution is -2.37. The summed E-state index contributed by atoms with van der Waals surface area (Å²) in [4.78, 5) is 11.4. The molecule has 146 valence electrons. The second-order valence-corrected chi connectivity index (χ2v) is 8.66. The molecular formula is C19H26N4O3S. The number of morpholine rings is 1. The third-order valence-corrected chi connectivity index (χ3v) is 6.21. The fourth-order valence-corrected chi connectivity index (χ4v) is 4.89. The van der Waals surface area contributed by atoms with Crippen molar-refractivity contribution in [3.8, 4) is 0 Å². The summed E-state index contributed by atoms with van der Waals surface area (Å²) in [6, 6.07) is 5.57. The normalized spacial score (nSPS) is 15.2. The van der Waals surface area contributed by atoms with E-state index >= 15 is 0 Å². The van der Waals surface area contributed by atoms with Gasteiger partial charge in [-0.05, 0) is 44.9 Å².